The average molecular weight is 217 g/mol. The first-order valence-corrected chi connectivity index (χ1v) is 6.02. The van der Waals surface area contributed by atoms with Gasteiger partial charge in [0.05, 0.1) is 5.69 Å². The smallest absolute Gasteiger partial charge is 0.0713 e. The summed E-state index contributed by atoms with van der Waals surface area (Å²) in [5, 5.41) is 4.22. The second-order valence-corrected chi connectivity index (χ2v) is 5.45. The van der Waals surface area contributed by atoms with Crippen LogP contribution in [0.15, 0.2) is 35.0 Å². The molecule has 0 bridgehead atoms. The largest absolute Gasteiger partial charge is 0.252 e. The van der Waals surface area contributed by atoms with Gasteiger partial charge in [0.15, 0.2) is 0 Å². The van der Waals surface area contributed by atoms with Gasteiger partial charge < -0.3 is 0 Å². The number of aromatic nitrogens is 1. The van der Waals surface area contributed by atoms with E-state index in [-0.39, 0.29) is 5.41 Å². The van der Waals surface area contributed by atoms with Crippen LogP contribution < -0.4 is 0 Å². The zero-order valence-corrected chi connectivity index (χ0v) is 10.1. The highest BCUT2D eigenvalue weighted by Gasteiger charge is 2.15. The van der Waals surface area contributed by atoms with Gasteiger partial charge in [-0.25, -0.2) is 0 Å². The van der Waals surface area contributed by atoms with Crippen molar-refractivity contribution in [1.82, 2.24) is 4.98 Å². The molecule has 2 aromatic heterocycles. The van der Waals surface area contributed by atoms with Crippen LogP contribution in [-0.2, 0) is 5.41 Å². The Morgan fingerprint density at radius 1 is 1.13 bits per heavy atom. The number of rotatable bonds is 1. The van der Waals surface area contributed by atoms with Crippen LogP contribution in [0.3, 0.4) is 0 Å². The monoisotopic (exact) mass is 217 g/mol. The van der Waals surface area contributed by atoms with E-state index in [1.807, 2.05) is 0 Å². The molecular formula is C13H15NS. The van der Waals surface area contributed by atoms with E-state index >= 15 is 0 Å². The Hall–Kier alpha value is -1.15. The molecule has 15 heavy (non-hydrogen) atoms. The van der Waals surface area contributed by atoms with Gasteiger partial charge in [0.1, 0.15) is 0 Å². The van der Waals surface area contributed by atoms with Gasteiger partial charge in [0.25, 0.3) is 0 Å². The maximum Gasteiger partial charge on any atom is 0.0713 e. The molecule has 2 aromatic rings. The Kier molecular flexibility index (Phi) is 2.61. The van der Waals surface area contributed by atoms with Crippen molar-refractivity contribution in [2.75, 3.05) is 0 Å². The van der Waals surface area contributed by atoms with Crippen LogP contribution >= 0.6 is 11.3 Å². The van der Waals surface area contributed by atoms with Crippen molar-refractivity contribution in [3.05, 3.63) is 40.7 Å². The standard InChI is InChI=1S/C13H15NS/c1-13(2,3)12-6-4-5-11(14-12)10-7-8-15-9-10/h4-9H,1-3H3. The summed E-state index contributed by atoms with van der Waals surface area (Å²) in [7, 11) is 0. The number of hydrogen-bond donors (Lipinski definition) is 0. The molecule has 0 fully saturated rings. The molecule has 2 rings (SSSR count). The third-order valence-electron chi connectivity index (χ3n) is 2.33. The first-order valence-electron chi connectivity index (χ1n) is 5.07. The number of pyridine rings is 1. The zero-order valence-electron chi connectivity index (χ0n) is 9.32. The second-order valence-electron chi connectivity index (χ2n) is 4.67. The molecule has 78 valence electrons. The van der Waals surface area contributed by atoms with Gasteiger partial charge in [-0.1, -0.05) is 26.8 Å². The fourth-order valence-electron chi connectivity index (χ4n) is 1.42. The van der Waals surface area contributed by atoms with Crippen LogP contribution in [0.25, 0.3) is 11.3 Å². The van der Waals surface area contributed by atoms with E-state index in [1.54, 1.807) is 11.3 Å². The minimum Gasteiger partial charge on any atom is -0.252 e. The van der Waals surface area contributed by atoms with Crippen LogP contribution in [0.5, 0.6) is 0 Å². The summed E-state index contributed by atoms with van der Waals surface area (Å²) in [5.74, 6) is 0. The van der Waals surface area contributed by atoms with E-state index in [9.17, 15) is 0 Å². The van der Waals surface area contributed by atoms with Gasteiger partial charge in [0, 0.05) is 22.1 Å². The maximum atomic E-state index is 4.69. The molecule has 0 aromatic carbocycles. The Labute approximate surface area is 94.8 Å². The number of hydrogen-bond acceptors (Lipinski definition) is 2. The van der Waals surface area contributed by atoms with E-state index in [1.165, 1.54) is 5.56 Å². The summed E-state index contributed by atoms with van der Waals surface area (Å²) >= 11 is 1.71. The van der Waals surface area contributed by atoms with E-state index in [4.69, 9.17) is 4.98 Å². The summed E-state index contributed by atoms with van der Waals surface area (Å²) in [5.41, 5.74) is 3.55. The Balaban J connectivity index is 2.44. The van der Waals surface area contributed by atoms with Gasteiger partial charge in [0.2, 0.25) is 0 Å². The molecule has 2 heterocycles. The predicted octanol–water partition coefficient (Wildman–Crippen LogP) is 4.11. The van der Waals surface area contributed by atoms with Crippen LogP contribution in [0, 0.1) is 0 Å². The lowest BCUT2D eigenvalue weighted by atomic mass is 9.91. The molecule has 0 unspecified atom stereocenters. The van der Waals surface area contributed by atoms with Gasteiger partial charge in [-0.2, -0.15) is 11.3 Å². The summed E-state index contributed by atoms with van der Waals surface area (Å²) < 4.78 is 0. The van der Waals surface area contributed by atoms with Gasteiger partial charge in [-0.3, -0.25) is 4.98 Å². The predicted molar refractivity (Wildman–Crippen MR) is 66.3 cm³/mol. The first-order chi connectivity index (χ1) is 7.07. The van der Waals surface area contributed by atoms with Crippen LogP contribution in [0.2, 0.25) is 0 Å². The van der Waals surface area contributed by atoms with E-state index < -0.39 is 0 Å². The van der Waals surface area contributed by atoms with Crippen LogP contribution in [-0.4, -0.2) is 4.98 Å². The molecule has 0 spiro atoms. The molecule has 0 N–H and O–H groups in total. The highest BCUT2D eigenvalue weighted by Crippen LogP contribution is 2.25. The third kappa shape index (κ3) is 2.26. The fourth-order valence-corrected chi connectivity index (χ4v) is 2.07. The minimum absolute atomic E-state index is 0.117. The van der Waals surface area contributed by atoms with E-state index in [2.05, 4.69) is 55.8 Å². The lowest BCUT2D eigenvalue weighted by molar-refractivity contribution is 0.570. The summed E-state index contributed by atoms with van der Waals surface area (Å²) in [6, 6.07) is 8.35. The summed E-state index contributed by atoms with van der Waals surface area (Å²) in [4.78, 5) is 4.69. The van der Waals surface area contributed by atoms with Crippen molar-refractivity contribution in [3.63, 3.8) is 0 Å². The van der Waals surface area contributed by atoms with Gasteiger partial charge in [-0.05, 0) is 23.6 Å². The molecule has 0 aliphatic rings. The topological polar surface area (TPSA) is 12.9 Å². The van der Waals surface area contributed by atoms with Gasteiger partial charge >= 0.3 is 0 Å². The van der Waals surface area contributed by atoms with Crippen LogP contribution in [0.4, 0.5) is 0 Å². The van der Waals surface area contributed by atoms with Crippen LogP contribution in [0.1, 0.15) is 26.5 Å². The first kappa shape index (κ1) is 10.4. The highest BCUT2D eigenvalue weighted by molar-refractivity contribution is 7.08. The maximum absolute atomic E-state index is 4.69. The fraction of sp³-hybridized carbons (Fsp3) is 0.308. The quantitative estimate of drug-likeness (QED) is 0.700. The molecule has 0 atom stereocenters. The van der Waals surface area contributed by atoms with Crippen molar-refractivity contribution >= 4 is 11.3 Å². The average Bonchev–Trinajstić information content (AvgIpc) is 2.69. The van der Waals surface area contributed by atoms with E-state index in [0.717, 1.165) is 11.4 Å². The molecule has 0 aliphatic carbocycles. The van der Waals surface area contributed by atoms with Crippen molar-refractivity contribution in [2.24, 2.45) is 0 Å². The zero-order chi connectivity index (χ0) is 10.9. The molecular weight excluding hydrogens is 202 g/mol. The number of nitrogens with zero attached hydrogens (tertiary/aromatic N) is 1. The highest BCUT2D eigenvalue weighted by atomic mass is 32.1. The second kappa shape index (κ2) is 3.78. The number of thiophene rings is 1. The third-order valence-corrected chi connectivity index (χ3v) is 3.02. The molecule has 0 saturated heterocycles. The molecule has 0 aliphatic heterocycles. The van der Waals surface area contributed by atoms with Crippen molar-refractivity contribution in [3.8, 4) is 11.3 Å². The lowest BCUT2D eigenvalue weighted by Crippen LogP contribution is -2.13. The molecule has 0 radical (unpaired) electrons. The van der Waals surface area contributed by atoms with Crippen molar-refractivity contribution in [1.29, 1.82) is 0 Å². The Morgan fingerprint density at radius 3 is 2.53 bits per heavy atom. The molecule has 2 heteroatoms. The van der Waals surface area contributed by atoms with Crippen molar-refractivity contribution < 1.29 is 0 Å². The SMILES string of the molecule is CC(C)(C)c1cccc(-c2ccsc2)n1. The minimum atomic E-state index is 0.117. The van der Waals surface area contributed by atoms with Crippen molar-refractivity contribution in [2.45, 2.75) is 26.2 Å². The molecule has 0 amide bonds. The van der Waals surface area contributed by atoms with E-state index in [0.29, 0.717) is 0 Å². The molecule has 0 saturated carbocycles. The lowest BCUT2D eigenvalue weighted by Gasteiger charge is -2.18. The Morgan fingerprint density at radius 2 is 1.93 bits per heavy atom. The summed E-state index contributed by atoms with van der Waals surface area (Å²) in [6.45, 7) is 6.56. The van der Waals surface area contributed by atoms with Gasteiger partial charge in [-0.15, -0.1) is 0 Å². The normalized spacial score (nSPS) is 11.7. The molecule has 1 nitrogen and oxygen atoms in total. The Bertz CT molecular complexity index is 438. The summed E-state index contributed by atoms with van der Waals surface area (Å²) in [6.07, 6.45) is 0.